The van der Waals surface area contributed by atoms with Crippen LogP contribution in [0, 0.1) is 0 Å². The molecular weight excluding hydrogens is 304 g/mol. The van der Waals surface area contributed by atoms with Gasteiger partial charge >= 0.3 is 0 Å². The number of H-pyrrole nitrogens is 1. The topological polar surface area (TPSA) is 81.0 Å². The fourth-order valence-corrected chi connectivity index (χ4v) is 2.97. The second-order valence-electron chi connectivity index (χ2n) is 5.46. The largest absolute Gasteiger partial charge is 0.497 e. The molecule has 0 saturated carbocycles. The molecule has 2 aromatic carbocycles. The van der Waals surface area contributed by atoms with Gasteiger partial charge in [0, 0.05) is 16.5 Å². The third-order valence-electron chi connectivity index (χ3n) is 4.10. The van der Waals surface area contributed by atoms with E-state index in [1.165, 1.54) is 0 Å². The van der Waals surface area contributed by atoms with E-state index in [9.17, 15) is 0 Å². The first-order valence-corrected chi connectivity index (χ1v) is 7.48. The van der Waals surface area contributed by atoms with E-state index in [2.05, 4.69) is 25.4 Å². The second kappa shape index (κ2) is 4.76. The quantitative estimate of drug-likeness (QED) is 0.541. The van der Waals surface area contributed by atoms with Crippen LogP contribution >= 0.6 is 0 Å². The normalized spacial score (nSPS) is 11.5. The van der Waals surface area contributed by atoms with E-state index >= 15 is 0 Å². The summed E-state index contributed by atoms with van der Waals surface area (Å²) < 4.78 is 7.19. The Balaban J connectivity index is 1.89. The van der Waals surface area contributed by atoms with Gasteiger partial charge in [-0.3, -0.25) is 0 Å². The Hall–Kier alpha value is -3.48. The lowest BCUT2D eigenvalue weighted by Gasteiger charge is -2.03. The van der Waals surface area contributed by atoms with Crippen LogP contribution in [0.3, 0.4) is 0 Å². The summed E-state index contributed by atoms with van der Waals surface area (Å²) in [4.78, 5) is 3.40. The molecule has 116 valence electrons. The Kier molecular flexibility index (Phi) is 2.58. The lowest BCUT2D eigenvalue weighted by atomic mass is 10.2. The van der Waals surface area contributed by atoms with E-state index in [-0.39, 0.29) is 0 Å². The van der Waals surface area contributed by atoms with Gasteiger partial charge in [-0.05, 0) is 18.2 Å². The first kappa shape index (κ1) is 13.0. The minimum Gasteiger partial charge on any atom is -0.497 e. The van der Waals surface area contributed by atoms with Gasteiger partial charge in [-0.15, -0.1) is 20.4 Å². The van der Waals surface area contributed by atoms with Crippen molar-refractivity contribution < 1.29 is 4.74 Å². The number of aromatic nitrogens is 6. The van der Waals surface area contributed by atoms with Gasteiger partial charge in [0.05, 0.1) is 7.11 Å². The predicted octanol–water partition coefficient (Wildman–Crippen LogP) is 2.83. The van der Waals surface area contributed by atoms with Crippen LogP contribution in [0.1, 0.15) is 0 Å². The van der Waals surface area contributed by atoms with Gasteiger partial charge in [0.15, 0.2) is 5.82 Å². The molecule has 0 unspecified atom stereocenters. The van der Waals surface area contributed by atoms with E-state index in [1.807, 2.05) is 52.9 Å². The zero-order valence-corrected chi connectivity index (χ0v) is 12.8. The monoisotopic (exact) mass is 316 g/mol. The minimum atomic E-state index is 0.451. The maximum absolute atomic E-state index is 5.31. The van der Waals surface area contributed by atoms with E-state index in [0.717, 1.165) is 33.4 Å². The summed E-state index contributed by atoms with van der Waals surface area (Å²) in [7, 11) is 1.64. The molecule has 0 atom stereocenters. The summed E-state index contributed by atoms with van der Waals surface area (Å²) >= 11 is 0. The number of nitrogens with zero attached hydrogens (tertiary/aromatic N) is 5. The summed E-state index contributed by atoms with van der Waals surface area (Å²) in [6.45, 7) is 0. The van der Waals surface area contributed by atoms with Crippen molar-refractivity contribution in [2.24, 2.45) is 0 Å². The van der Waals surface area contributed by atoms with Crippen LogP contribution in [0.15, 0.2) is 48.5 Å². The number of hydrogen-bond acceptors (Lipinski definition) is 5. The molecule has 0 fully saturated rings. The van der Waals surface area contributed by atoms with Crippen molar-refractivity contribution in [3.8, 4) is 17.1 Å². The molecule has 3 heterocycles. The van der Waals surface area contributed by atoms with Crippen molar-refractivity contribution in [3.05, 3.63) is 48.5 Å². The smallest absolute Gasteiger partial charge is 0.276 e. The van der Waals surface area contributed by atoms with Gasteiger partial charge < -0.3 is 9.72 Å². The number of nitrogens with one attached hydrogen (secondary N) is 1. The molecular formula is C17H12N6O. The summed E-state index contributed by atoms with van der Waals surface area (Å²) in [5.41, 5.74) is 3.51. The highest BCUT2D eigenvalue weighted by atomic mass is 16.5. The zero-order valence-electron chi connectivity index (χ0n) is 12.8. The Morgan fingerprint density at radius 3 is 2.75 bits per heavy atom. The average Bonchev–Trinajstić information content (AvgIpc) is 3.22. The number of benzene rings is 2. The Morgan fingerprint density at radius 2 is 1.83 bits per heavy atom. The summed E-state index contributed by atoms with van der Waals surface area (Å²) in [5.74, 6) is 1.90. The number of hydrogen-bond donors (Lipinski definition) is 1. The predicted molar refractivity (Wildman–Crippen MR) is 89.9 cm³/mol. The molecule has 0 radical (unpaired) electrons. The van der Waals surface area contributed by atoms with Crippen molar-refractivity contribution in [2.75, 3.05) is 7.11 Å². The van der Waals surface area contributed by atoms with E-state index in [1.54, 1.807) is 7.11 Å². The Labute approximate surface area is 135 Å². The average molecular weight is 316 g/mol. The van der Waals surface area contributed by atoms with E-state index < -0.39 is 0 Å². The van der Waals surface area contributed by atoms with Crippen LogP contribution < -0.4 is 4.74 Å². The molecule has 5 rings (SSSR count). The van der Waals surface area contributed by atoms with Crippen molar-refractivity contribution >= 4 is 27.8 Å². The third kappa shape index (κ3) is 1.72. The van der Waals surface area contributed by atoms with Gasteiger partial charge in [-0.25, -0.2) is 4.40 Å². The molecule has 0 aliphatic rings. The number of rotatable bonds is 2. The molecule has 0 aliphatic heterocycles. The molecule has 0 saturated heterocycles. The second-order valence-corrected chi connectivity index (χ2v) is 5.46. The van der Waals surface area contributed by atoms with Crippen LogP contribution in [-0.4, -0.2) is 36.9 Å². The summed E-state index contributed by atoms with van der Waals surface area (Å²) in [5, 5.41) is 18.0. The van der Waals surface area contributed by atoms with Crippen LogP contribution in [0.5, 0.6) is 5.75 Å². The maximum atomic E-state index is 5.31. The van der Waals surface area contributed by atoms with Gasteiger partial charge in [0.1, 0.15) is 16.9 Å². The summed E-state index contributed by atoms with van der Waals surface area (Å²) in [6, 6.07) is 15.7. The van der Waals surface area contributed by atoms with Crippen molar-refractivity contribution in [2.45, 2.75) is 0 Å². The zero-order chi connectivity index (χ0) is 16.1. The molecule has 0 aliphatic carbocycles. The number of fused-ring (bicyclic) bond motifs is 5. The number of ether oxygens (including phenoxy) is 1. The van der Waals surface area contributed by atoms with Gasteiger partial charge in [0.2, 0.25) is 0 Å². The van der Waals surface area contributed by atoms with Gasteiger partial charge in [-0.1, -0.05) is 30.3 Å². The Morgan fingerprint density at radius 1 is 0.958 bits per heavy atom. The van der Waals surface area contributed by atoms with Gasteiger partial charge in [-0.2, -0.15) is 0 Å². The molecule has 0 bridgehead atoms. The molecule has 7 nitrogen and oxygen atoms in total. The number of methoxy groups -OCH3 is 1. The van der Waals surface area contributed by atoms with Crippen LogP contribution in [0.4, 0.5) is 0 Å². The van der Waals surface area contributed by atoms with Crippen molar-refractivity contribution in [1.29, 1.82) is 0 Å². The lowest BCUT2D eigenvalue weighted by molar-refractivity contribution is 0.415. The van der Waals surface area contributed by atoms with E-state index in [0.29, 0.717) is 11.6 Å². The van der Waals surface area contributed by atoms with Crippen LogP contribution in [-0.2, 0) is 0 Å². The molecule has 7 heteroatoms. The van der Waals surface area contributed by atoms with Crippen LogP contribution in [0.25, 0.3) is 39.2 Å². The first-order valence-electron chi connectivity index (χ1n) is 7.48. The highest BCUT2D eigenvalue weighted by molar-refractivity contribution is 6.03. The Bertz CT molecular complexity index is 1210. The SMILES string of the molecule is COc1cccc(-c2nnc3nnc4c5ccccc5[nH]c4n23)c1. The fraction of sp³-hybridized carbons (Fsp3) is 0.0588. The van der Waals surface area contributed by atoms with Crippen LogP contribution in [0.2, 0.25) is 0 Å². The molecule has 0 spiro atoms. The standard InChI is InChI=1S/C17H12N6O/c1-24-11-6-4-5-10(9-11)15-20-22-17-21-19-14-12-7-2-3-8-13(12)18-16(14)23(15)17/h2-9,18H,1H3. The number of aromatic amines is 1. The maximum Gasteiger partial charge on any atom is 0.276 e. The highest BCUT2D eigenvalue weighted by Gasteiger charge is 2.16. The third-order valence-corrected chi connectivity index (χ3v) is 4.10. The molecule has 0 amide bonds. The molecule has 3 aromatic heterocycles. The molecule has 1 N–H and O–H groups in total. The first-order chi connectivity index (χ1) is 11.8. The summed E-state index contributed by atoms with van der Waals surface area (Å²) in [6.07, 6.45) is 0. The number of para-hydroxylation sites is 1. The van der Waals surface area contributed by atoms with Crippen molar-refractivity contribution in [1.82, 2.24) is 29.8 Å². The molecule has 5 aromatic rings. The van der Waals surface area contributed by atoms with Gasteiger partial charge in [0.25, 0.3) is 5.78 Å². The highest BCUT2D eigenvalue weighted by Crippen LogP contribution is 2.27. The minimum absolute atomic E-state index is 0.451. The molecule has 24 heavy (non-hydrogen) atoms. The van der Waals surface area contributed by atoms with Crippen molar-refractivity contribution in [3.63, 3.8) is 0 Å². The lowest BCUT2D eigenvalue weighted by Crippen LogP contribution is -1.96. The fourth-order valence-electron chi connectivity index (χ4n) is 2.97. The van der Waals surface area contributed by atoms with E-state index in [4.69, 9.17) is 4.74 Å².